The molecule has 1 heterocycles. The molecule has 5 nitrogen and oxygen atoms in total. The molecule has 0 atom stereocenters. The molecule has 2 rings (SSSR count). The Morgan fingerprint density at radius 3 is 2.55 bits per heavy atom. The van der Waals surface area contributed by atoms with E-state index < -0.39 is 0 Å². The number of Topliss-reactive ketones (excluding diaryl/α,β-unsaturated/α-hetero) is 1. The van der Waals surface area contributed by atoms with Crippen molar-refractivity contribution in [1.29, 1.82) is 0 Å². The number of carbonyl (C=O) groups is 1. The van der Waals surface area contributed by atoms with E-state index in [1.54, 1.807) is 33.4 Å². The van der Waals surface area contributed by atoms with E-state index in [0.717, 1.165) is 5.56 Å². The summed E-state index contributed by atoms with van der Waals surface area (Å²) in [5.74, 6) is 1.12. The summed E-state index contributed by atoms with van der Waals surface area (Å²) >= 11 is 5.96. The van der Waals surface area contributed by atoms with Gasteiger partial charge in [0.25, 0.3) is 0 Å². The molecule has 1 aromatic carbocycles. The minimum atomic E-state index is -0.0952. The molecule has 0 saturated carbocycles. The molecule has 0 aliphatic heterocycles. The van der Waals surface area contributed by atoms with E-state index >= 15 is 0 Å². The van der Waals surface area contributed by atoms with Crippen molar-refractivity contribution in [1.82, 2.24) is 9.78 Å². The minimum Gasteiger partial charge on any atom is -0.493 e. The first-order valence-electron chi connectivity index (χ1n) is 5.98. The molecule has 0 radical (unpaired) electrons. The number of benzene rings is 1. The van der Waals surface area contributed by atoms with Gasteiger partial charge in [-0.25, -0.2) is 0 Å². The number of hydrogen-bond donors (Lipinski definition) is 0. The Morgan fingerprint density at radius 1 is 1.30 bits per heavy atom. The Hall–Kier alpha value is -2.01. The van der Waals surface area contributed by atoms with Crippen molar-refractivity contribution in [2.45, 2.75) is 6.42 Å². The number of halogens is 1. The topological polar surface area (TPSA) is 53.3 Å². The van der Waals surface area contributed by atoms with Crippen molar-refractivity contribution in [2.24, 2.45) is 7.05 Å². The number of ether oxygens (including phenoxy) is 2. The molecule has 6 heteroatoms. The molecule has 0 aliphatic rings. The Morgan fingerprint density at radius 2 is 2.00 bits per heavy atom. The van der Waals surface area contributed by atoms with Gasteiger partial charge in [-0.3, -0.25) is 9.48 Å². The number of aromatic nitrogens is 2. The highest BCUT2D eigenvalue weighted by Gasteiger charge is 2.16. The average molecular weight is 295 g/mol. The van der Waals surface area contributed by atoms with E-state index in [2.05, 4.69) is 5.10 Å². The lowest BCUT2D eigenvalue weighted by molar-refractivity contribution is 0.0984. The van der Waals surface area contributed by atoms with Crippen LogP contribution in [0.4, 0.5) is 0 Å². The number of ketones is 1. The molecule has 0 fully saturated rings. The van der Waals surface area contributed by atoms with Gasteiger partial charge in [-0.05, 0) is 17.7 Å². The van der Waals surface area contributed by atoms with Gasteiger partial charge < -0.3 is 9.47 Å². The van der Waals surface area contributed by atoms with Crippen LogP contribution >= 0.6 is 11.6 Å². The van der Waals surface area contributed by atoms with Gasteiger partial charge in [0.15, 0.2) is 17.3 Å². The number of aryl methyl sites for hydroxylation is 1. The van der Waals surface area contributed by atoms with Crippen molar-refractivity contribution in [3.63, 3.8) is 0 Å². The highest BCUT2D eigenvalue weighted by Crippen LogP contribution is 2.28. The molecule has 0 N–H and O–H groups in total. The predicted molar refractivity (Wildman–Crippen MR) is 75.8 cm³/mol. The van der Waals surface area contributed by atoms with Crippen LogP contribution in [0.5, 0.6) is 11.5 Å². The lowest BCUT2D eigenvalue weighted by Crippen LogP contribution is -2.10. The monoisotopic (exact) mass is 294 g/mol. The fourth-order valence-corrected chi connectivity index (χ4v) is 2.26. The predicted octanol–water partition coefficient (Wildman–Crippen LogP) is 2.52. The first-order chi connectivity index (χ1) is 9.56. The number of rotatable bonds is 5. The second-order valence-electron chi connectivity index (χ2n) is 4.25. The largest absolute Gasteiger partial charge is 0.493 e. The van der Waals surface area contributed by atoms with E-state index in [0.29, 0.717) is 22.2 Å². The summed E-state index contributed by atoms with van der Waals surface area (Å²) < 4.78 is 11.9. The number of nitrogens with zero attached hydrogens (tertiary/aromatic N) is 2. The summed E-state index contributed by atoms with van der Waals surface area (Å²) in [6.07, 6.45) is 1.68. The van der Waals surface area contributed by atoms with Crippen LogP contribution in [0.25, 0.3) is 0 Å². The van der Waals surface area contributed by atoms with Gasteiger partial charge in [0.2, 0.25) is 0 Å². The molecular weight excluding hydrogens is 280 g/mol. The third-order valence-electron chi connectivity index (χ3n) is 2.97. The first kappa shape index (κ1) is 14.4. The average Bonchev–Trinajstić information content (AvgIpc) is 2.78. The maximum atomic E-state index is 12.3. The lowest BCUT2D eigenvalue weighted by Gasteiger charge is -2.09. The molecule has 0 amide bonds. The lowest BCUT2D eigenvalue weighted by atomic mass is 10.1. The summed E-state index contributed by atoms with van der Waals surface area (Å²) in [5.41, 5.74) is 1.23. The van der Waals surface area contributed by atoms with Crippen molar-refractivity contribution >= 4 is 17.4 Å². The second kappa shape index (κ2) is 5.96. The van der Waals surface area contributed by atoms with Crippen LogP contribution in [-0.4, -0.2) is 29.8 Å². The number of methoxy groups -OCH3 is 2. The zero-order chi connectivity index (χ0) is 14.7. The van der Waals surface area contributed by atoms with Gasteiger partial charge in [0.05, 0.1) is 25.4 Å². The van der Waals surface area contributed by atoms with Crippen LogP contribution in [0.2, 0.25) is 5.02 Å². The Balaban J connectivity index is 2.24. The molecule has 20 heavy (non-hydrogen) atoms. The van der Waals surface area contributed by atoms with Crippen LogP contribution in [0.3, 0.4) is 0 Å². The third-order valence-corrected chi connectivity index (χ3v) is 3.25. The summed E-state index contributed by atoms with van der Waals surface area (Å²) in [5, 5.41) is 4.32. The quantitative estimate of drug-likeness (QED) is 0.795. The van der Waals surface area contributed by atoms with Crippen LogP contribution in [0.15, 0.2) is 24.4 Å². The molecule has 0 unspecified atom stereocenters. The maximum Gasteiger partial charge on any atom is 0.186 e. The van der Waals surface area contributed by atoms with Gasteiger partial charge in [-0.15, -0.1) is 0 Å². The summed E-state index contributed by atoms with van der Waals surface area (Å²) in [7, 11) is 4.81. The molecular formula is C14H15ClN2O3. The highest BCUT2D eigenvalue weighted by atomic mass is 35.5. The third kappa shape index (κ3) is 2.77. The molecule has 2 aromatic rings. The van der Waals surface area contributed by atoms with E-state index in [1.807, 2.05) is 6.07 Å². The fraction of sp³-hybridized carbons (Fsp3) is 0.286. The van der Waals surface area contributed by atoms with E-state index in [4.69, 9.17) is 21.1 Å². The second-order valence-corrected chi connectivity index (χ2v) is 4.66. The first-order valence-corrected chi connectivity index (χ1v) is 6.36. The van der Waals surface area contributed by atoms with Crippen molar-refractivity contribution in [3.8, 4) is 11.5 Å². The Bertz CT molecular complexity index is 618. The van der Waals surface area contributed by atoms with Crippen LogP contribution in [0.1, 0.15) is 16.1 Å². The minimum absolute atomic E-state index is 0.0952. The number of hydrogen-bond acceptors (Lipinski definition) is 4. The number of carbonyl (C=O) groups excluding carboxylic acids is 1. The SMILES string of the molecule is COc1ccc(CC(=O)c2c(Cl)cnn2C)cc1OC. The molecule has 1 aromatic heterocycles. The van der Waals surface area contributed by atoms with Crippen molar-refractivity contribution in [2.75, 3.05) is 14.2 Å². The fourth-order valence-electron chi connectivity index (χ4n) is 1.98. The molecule has 106 valence electrons. The summed E-state index contributed by atoms with van der Waals surface area (Å²) in [4.78, 5) is 12.3. The standard InChI is InChI=1S/C14H15ClN2O3/c1-17-14(10(15)8-16-17)11(18)6-9-4-5-12(19-2)13(7-9)20-3/h4-5,7-8H,6H2,1-3H3. The smallest absolute Gasteiger partial charge is 0.186 e. The molecule has 0 bridgehead atoms. The van der Waals surface area contributed by atoms with Crippen LogP contribution in [0, 0.1) is 0 Å². The van der Waals surface area contributed by atoms with Gasteiger partial charge in [-0.1, -0.05) is 17.7 Å². The van der Waals surface area contributed by atoms with Crippen LogP contribution < -0.4 is 9.47 Å². The Kier molecular flexibility index (Phi) is 4.29. The molecule has 0 saturated heterocycles. The van der Waals surface area contributed by atoms with Crippen molar-refractivity contribution in [3.05, 3.63) is 40.7 Å². The van der Waals surface area contributed by atoms with E-state index in [-0.39, 0.29) is 12.2 Å². The van der Waals surface area contributed by atoms with Gasteiger partial charge in [-0.2, -0.15) is 5.10 Å². The maximum absolute atomic E-state index is 12.3. The van der Waals surface area contributed by atoms with Gasteiger partial charge >= 0.3 is 0 Å². The summed E-state index contributed by atoms with van der Waals surface area (Å²) in [6.45, 7) is 0. The molecule has 0 aliphatic carbocycles. The van der Waals surface area contributed by atoms with Gasteiger partial charge in [0.1, 0.15) is 5.69 Å². The summed E-state index contributed by atoms with van der Waals surface area (Å²) in [6, 6.07) is 5.37. The molecule has 0 spiro atoms. The normalized spacial score (nSPS) is 10.4. The van der Waals surface area contributed by atoms with Crippen molar-refractivity contribution < 1.29 is 14.3 Å². The van der Waals surface area contributed by atoms with E-state index in [1.165, 1.54) is 10.9 Å². The van der Waals surface area contributed by atoms with Crippen LogP contribution in [-0.2, 0) is 13.5 Å². The van der Waals surface area contributed by atoms with E-state index in [9.17, 15) is 4.79 Å². The Labute approximate surface area is 122 Å². The van der Waals surface area contributed by atoms with Gasteiger partial charge in [0, 0.05) is 13.5 Å². The zero-order valence-corrected chi connectivity index (χ0v) is 12.3. The zero-order valence-electron chi connectivity index (χ0n) is 11.5. The highest BCUT2D eigenvalue weighted by molar-refractivity contribution is 6.33.